The number of rotatable bonds is 5. The van der Waals surface area contributed by atoms with E-state index >= 15 is 0 Å². The fraction of sp³-hybridized carbons (Fsp3) is 0.400. The maximum absolute atomic E-state index is 4.27. The van der Waals surface area contributed by atoms with Crippen LogP contribution in [0.3, 0.4) is 0 Å². The van der Waals surface area contributed by atoms with Crippen LogP contribution in [0.1, 0.15) is 13.8 Å². The van der Waals surface area contributed by atoms with Crippen molar-refractivity contribution in [1.82, 2.24) is 24.7 Å². The molecule has 17 heavy (non-hydrogen) atoms. The summed E-state index contributed by atoms with van der Waals surface area (Å²) in [5.41, 5.74) is 0. The Morgan fingerprint density at radius 2 is 1.71 bits per heavy atom. The van der Waals surface area contributed by atoms with Gasteiger partial charge in [-0.1, -0.05) is 0 Å². The zero-order valence-corrected chi connectivity index (χ0v) is 9.88. The van der Waals surface area contributed by atoms with Crippen LogP contribution in [-0.4, -0.2) is 37.8 Å². The van der Waals surface area contributed by atoms with Crippen LogP contribution in [0.25, 0.3) is 5.95 Å². The Hall–Kier alpha value is -2.18. The molecule has 0 radical (unpaired) electrons. The van der Waals surface area contributed by atoms with E-state index in [1.54, 1.807) is 17.1 Å². The predicted octanol–water partition coefficient (Wildman–Crippen LogP) is 0.921. The molecule has 0 aliphatic heterocycles. The summed E-state index contributed by atoms with van der Waals surface area (Å²) < 4.78 is 1.60. The summed E-state index contributed by atoms with van der Waals surface area (Å²) in [4.78, 5) is 12.8. The Kier molecular flexibility index (Phi) is 3.49. The molecule has 7 nitrogen and oxygen atoms in total. The van der Waals surface area contributed by atoms with Crippen molar-refractivity contribution < 1.29 is 0 Å². The monoisotopic (exact) mass is 233 g/mol. The highest BCUT2D eigenvalue weighted by molar-refractivity contribution is 5.37. The summed E-state index contributed by atoms with van der Waals surface area (Å²) in [5.74, 6) is 1.59. The van der Waals surface area contributed by atoms with Crippen molar-refractivity contribution >= 4 is 11.9 Å². The topological polar surface area (TPSA) is 80.5 Å². The van der Waals surface area contributed by atoms with Gasteiger partial charge in [-0.05, 0) is 19.9 Å². The number of hydrogen-bond donors (Lipinski definition) is 2. The fourth-order valence-corrected chi connectivity index (χ4v) is 1.33. The van der Waals surface area contributed by atoms with Gasteiger partial charge in [0.1, 0.15) is 0 Å². The molecule has 0 atom stereocenters. The smallest absolute Gasteiger partial charge is 0.257 e. The van der Waals surface area contributed by atoms with Crippen LogP contribution in [-0.2, 0) is 0 Å². The van der Waals surface area contributed by atoms with E-state index in [9.17, 15) is 0 Å². The molecule has 0 fully saturated rings. The Bertz CT molecular complexity index is 441. The molecule has 0 bridgehead atoms. The number of aromatic nitrogens is 5. The molecule has 0 aromatic carbocycles. The third kappa shape index (κ3) is 2.68. The van der Waals surface area contributed by atoms with Gasteiger partial charge in [0.2, 0.25) is 11.9 Å². The summed E-state index contributed by atoms with van der Waals surface area (Å²) in [6.07, 6.45) is 3.48. The molecule has 2 aromatic rings. The first-order chi connectivity index (χ1) is 8.33. The molecule has 0 aliphatic rings. The number of nitrogens with one attached hydrogen (secondary N) is 2. The van der Waals surface area contributed by atoms with Crippen molar-refractivity contribution in [2.24, 2.45) is 0 Å². The standard InChI is InChI=1S/C10H15N7/c1-3-11-8-14-9(12-4-2)16-10(15-8)17-7-5-6-13-17/h5-7H,3-4H2,1-2H3,(H2,11,12,14,15,16). The molecule has 2 aromatic heterocycles. The summed E-state index contributed by atoms with van der Waals surface area (Å²) in [5, 5.41) is 10.2. The number of nitrogens with zero attached hydrogens (tertiary/aromatic N) is 5. The maximum Gasteiger partial charge on any atom is 0.257 e. The molecule has 2 N–H and O–H groups in total. The van der Waals surface area contributed by atoms with E-state index in [0.29, 0.717) is 17.8 Å². The van der Waals surface area contributed by atoms with Crippen molar-refractivity contribution in [3.8, 4) is 5.95 Å². The van der Waals surface area contributed by atoms with E-state index in [2.05, 4.69) is 30.7 Å². The van der Waals surface area contributed by atoms with Crippen LogP contribution in [0.5, 0.6) is 0 Å². The van der Waals surface area contributed by atoms with Crippen molar-refractivity contribution in [1.29, 1.82) is 0 Å². The van der Waals surface area contributed by atoms with E-state index in [1.165, 1.54) is 0 Å². The Balaban J connectivity index is 2.37. The molecule has 7 heteroatoms. The molecule has 0 unspecified atom stereocenters. The minimum absolute atomic E-state index is 0.497. The highest BCUT2D eigenvalue weighted by Gasteiger charge is 2.06. The summed E-state index contributed by atoms with van der Waals surface area (Å²) >= 11 is 0. The maximum atomic E-state index is 4.27. The molecule has 0 amide bonds. The lowest BCUT2D eigenvalue weighted by atomic mass is 10.7. The second-order valence-corrected chi connectivity index (χ2v) is 3.29. The minimum atomic E-state index is 0.497. The Morgan fingerprint density at radius 1 is 1.06 bits per heavy atom. The van der Waals surface area contributed by atoms with E-state index in [0.717, 1.165) is 13.1 Å². The molecule has 0 spiro atoms. The van der Waals surface area contributed by atoms with Gasteiger partial charge in [0.05, 0.1) is 0 Å². The number of hydrogen-bond acceptors (Lipinski definition) is 6. The van der Waals surface area contributed by atoms with Gasteiger partial charge >= 0.3 is 0 Å². The molecular formula is C10H15N7. The third-order valence-electron chi connectivity index (χ3n) is 2.00. The van der Waals surface area contributed by atoms with Crippen LogP contribution in [0.4, 0.5) is 11.9 Å². The molecule has 0 saturated carbocycles. The number of anilines is 2. The fourth-order valence-electron chi connectivity index (χ4n) is 1.33. The second kappa shape index (κ2) is 5.24. The zero-order chi connectivity index (χ0) is 12.1. The first-order valence-electron chi connectivity index (χ1n) is 5.57. The SMILES string of the molecule is CCNc1nc(NCC)nc(-n2cccn2)n1. The zero-order valence-electron chi connectivity index (χ0n) is 9.88. The van der Waals surface area contributed by atoms with Crippen molar-refractivity contribution in [3.05, 3.63) is 18.5 Å². The Morgan fingerprint density at radius 3 is 2.18 bits per heavy atom. The van der Waals surface area contributed by atoms with Crippen molar-refractivity contribution in [3.63, 3.8) is 0 Å². The van der Waals surface area contributed by atoms with Crippen LogP contribution >= 0.6 is 0 Å². The lowest BCUT2D eigenvalue weighted by Crippen LogP contribution is -2.12. The first kappa shape index (κ1) is 11.3. The van der Waals surface area contributed by atoms with Crippen molar-refractivity contribution in [2.45, 2.75) is 13.8 Å². The van der Waals surface area contributed by atoms with Crippen LogP contribution < -0.4 is 10.6 Å². The van der Waals surface area contributed by atoms with Gasteiger partial charge in [-0.3, -0.25) is 0 Å². The van der Waals surface area contributed by atoms with E-state index in [-0.39, 0.29) is 0 Å². The summed E-state index contributed by atoms with van der Waals surface area (Å²) in [6, 6.07) is 1.82. The molecular weight excluding hydrogens is 218 g/mol. The summed E-state index contributed by atoms with van der Waals surface area (Å²) in [6.45, 7) is 5.50. The molecule has 2 rings (SSSR count). The summed E-state index contributed by atoms with van der Waals surface area (Å²) in [7, 11) is 0. The second-order valence-electron chi connectivity index (χ2n) is 3.29. The van der Waals surface area contributed by atoms with Gasteiger partial charge < -0.3 is 10.6 Å². The lowest BCUT2D eigenvalue weighted by molar-refractivity contribution is 0.796. The van der Waals surface area contributed by atoms with Crippen LogP contribution in [0, 0.1) is 0 Å². The van der Waals surface area contributed by atoms with Gasteiger partial charge in [-0.25, -0.2) is 4.68 Å². The van der Waals surface area contributed by atoms with Crippen LogP contribution in [0.15, 0.2) is 18.5 Å². The van der Waals surface area contributed by atoms with Gasteiger partial charge in [0.15, 0.2) is 0 Å². The Labute approximate surface area is 99.3 Å². The molecule has 0 saturated heterocycles. The highest BCUT2D eigenvalue weighted by atomic mass is 15.4. The minimum Gasteiger partial charge on any atom is -0.354 e. The lowest BCUT2D eigenvalue weighted by Gasteiger charge is -2.07. The quantitative estimate of drug-likeness (QED) is 0.799. The first-order valence-corrected chi connectivity index (χ1v) is 5.57. The van der Waals surface area contributed by atoms with Crippen molar-refractivity contribution in [2.75, 3.05) is 23.7 Å². The van der Waals surface area contributed by atoms with Gasteiger partial charge in [-0.2, -0.15) is 20.1 Å². The molecule has 90 valence electrons. The molecule has 2 heterocycles. The normalized spacial score (nSPS) is 10.2. The van der Waals surface area contributed by atoms with E-state index in [4.69, 9.17) is 0 Å². The highest BCUT2D eigenvalue weighted by Crippen LogP contribution is 2.08. The average molecular weight is 233 g/mol. The van der Waals surface area contributed by atoms with Gasteiger partial charge in [0, 0.05) is 25.5 Å². The van der Waals surface area contributed by atoms with Gasteiger partial charge in [0.25, 0.3) is 5.95 Å². The van der Waals surface area contributed by atoms with Gasteiger partial charge in [-0.15, -0.1) is 0 Å². The average Bonchev–Trinajstić information content (AvgIpc) is 2.83. The van der Waals surface area contributed by atoms with Crippen LogP contribution in [0.2, 0.25) is 0 Å². The van der Waals surface area contributed by atoms with E-state index < -0.39 is 0 Å². The third-order valence-corrected chi connectivity index (χ3v) is 2.00. The largest absolute Gasteiger partial charge is 0.354 e. The predicted molar refractivity (Wildman–Crippen MR) is 65.3 cm³/mol. The molecule has 0 aliphatic carbocycles. The van der Waals surface area contributed by atoms with E-state index in [1.807, 2.05) is 19.9 Å².